The van der Waals surface area contributed by atoms with E-state index in [2.05, 4.69) is 21.2 Å². The molecule has 1 N–H and O–H groups in total. The van der Waals surface area contributed by atoms with Crippen LogP contribution < -0.4 is 5.32 Å². The number of rotatable bonds is 4. The molecule has 0 bridgehead atoms. The average molecular weight is 352 g/mol. The minimum absolute atomic E-state index is 0.0731. The molecule has 102 valence electrons. The first-order valence-electron chi connectivity index (χ1n) is 5.71. The van der Waals surface area contributed by atoms with Gasteiger partial charge in [-0.1, -0.05) is 0 Å². The zero-order chi connectivity index (χ0) is 14.7. The summed E-state index contributed by atoms with van der Waals surface area (Å²) in [6.07, 6.45) is 0. The Morgan fingerprint density at radius 2 is 2.25 bits per heavy atom. The van der Waals surface area contributed by atoms with Crippen molar-refractivity contribution in [2.45, 2.75) is 13.0 Å². The van der Waals surface area contributed by atoms with E-state index < -0.39 is 4.92 Å². The Hall–Kier alpha value is -1.91. The van der Waals surface area contributed by atoms with Gasteiger partial charge < -0.3 is 5.32 Å². The van der Waals surface area contributed by atoms with Crippen molar-refractivity contribution < 1.29 is 4.92 Å². The zero-order valence-electron chi connectivity index (χ0n) is 10.5. The highest BCUT2D eigenvalue weighted by Gasteiger charge is 2.18. The fourth-order valence-electron chi connectivity index (χ4n) is 1.79. The van der Waals surface area contributed by atoms with Crippen molar-refractivity contribution >= 4 is 38.6 Å². The van der Waals surface area contributed by atoms with Crippen LogP contribution in [0.25, 0.3) is 0 Å². The number of anilines is 1. The summed E-state index contributed by atoms with van der Waals surface area (Å²) >= 11 is 5.01. The third kappa shape index (κ3) is 2.98. The molecule has 5 nitrogen and oxygen atoms in total. The molecule has 1 heterocycles. The number of halogens is 1. The fraction of sp³-hybridized carbons (Fsp3) is 0.154. The van der Waals surface area contributed by atoms with Crippen molar-refractivity contribution in [1.29, 1.82) is 5.26 Å². The number of hydrogen-bond acceptors (Lipinski definition) is 5. The molecule has 0 radical (unpaired) electrons. The van der Waals surface area contributed by atoms with Crippen molar-refractivity contribution in [3.63, 3.8) is 0 Å². The van der Waals surface area contributed by atoms with Gasteiger partial charge in [-0.3, -0.25) is 10.1 Å². The molecule has 1 aromatic heterocycles. The van der Waals surface area contributed by atoms with Crippen LogP contribution in [0.4, 0.5) is 11.4 Å². The fourth-order valence-corrected chi connectivity index (χ4v) is 3.51. The van der Waals surface area contributed by atoms with E-state index in [0.29, 0.717) is 5.69 Å². The van der Waals surface area contributed by atoms with Gasteiger partial charge in [0.25, 0.3) is 5.69 Å². The van der Waals surface area contributed by atoms with E-state index in [1.54, 1.807) is 23.5 Å². The van der Waals surface area contributed by atoms with Crippen LogP contribution in [0.3, 0.4) is 0 Å². The molecule has 0 amide bonds. The minimum Gasteiger partial charge on any atom is -0.372 e. The highest BCUT2D eigenvalue weighted by molar-refractivity contribution is 9.10. The SMILES string of the molecule is CC(Nc1ccc(C#N)cc1[N+](=O)[O-])c1sccc1Br. The molecule has 7 heteroatoms. The Labute approximate surface area is 128 Å². The largest absolute Gasteiger partial charge is 0.372 e. The van der Waals surface area contributed by atoms with Crippen molar-refractivity contribution in [3.05, 3.63) is 54.7 Å². The maximum atomic E-state index is 11.1. The van der Waals surface area contributed by atoms with Crippen molar-refractivity contribution in [1.82, 2.24) is 0 Å². The molecule has 0 fully saturated rings. The van der Waals surface area contributed by atoms with Crippen molar-refractivity contribution in [3.8, 4) is 6.07 Å². The van der Waals surface area contributed by atoms with E-state index >= 15 is 0 Å². The van der Waals surface area contributed by atoms with Gasteiger partial charge in [0.2, 0.25) is 0 Å². The van der Waals surface area contributed by atoms with Gasteiger partial charge in [0.1, 0.15) is 5.69 Å². The van der Waals surface area contributed by atoms with Crippen LogP contribution in [0.1, 0.15) is 23.4 Å². The molecule has 1 atom stereocenters. The van der Waals surface area contributed by atoms with E-state index in [1.807, 2.05) is 24.4 Å². The molecule has 20 heavy (non-hydrogen) atoms. The monoisotopic (exact) mass is 351 g/mol. The smallest absolute Gasteiger partial charge is 0.293 e. The third-order valence-electron chi connectivity index (χ3n) is 2.73. The number of nitrogens with one attached hydrogen (secondary N) is 1. The first-order chi connectivity index (χ1) is 9.52. The Morgan fingerprint density at radius 1 is 1.50 bits per heavy atom. The van der Waals surface area contributed by atoms with Gasteiger partial charge in [-0.2, -0.15) is 5.26 Å². The lowest BCUT2D eigenvalue weighted by atomic mass is 10.1. The van der Waals surface area contributed by atoms with Crippen LogP contribution in [-0.2, 0) is 0 Å². The molecule has 0 saturated heterocycles. The highest BCUT2D eigenvalue weighted by atomic mass is 79.9. The second-order valence-electron chi connectivity index (χ2n) is 4.10. The lowest BCUT2D eigenvalue weighted by Crippen LogP contribution is -2.07. The van der Waals surface area contributed by atoms with Gasteiger partial charge in [-0.05, 0) is 46.4 Å². The first kappa shape index (κ1) is 14.5. The van der Waals surface area contributed by atoms with Crippen LogP contribution >= 0.6 is 27.3 Å². The quantitative estimate of drug-likeness (QED) is 0.651. The Kier molecular flexibility index (Phi) is 4.37. The van der Waals surface area contributed by atoms with Gasteiger partial charge in [-0.15, -0.1) is 11.3 Å². The van der Waals surface area contributed by atoms with Crippen LogP contribution in [0.15, 0.2) is 34.1 Å². The number of thiophene rings is 1. The van der Waals surface area contributed by atoms with Gasteiger partial charge >= 0.3 is 0 Å². The molecular formula is C13H10BrN3O2S. The summed E-state index contributed by atoms with van der Waals surface area (Å²) in [4.78, 5) is 11.6. The topological polar surface area (TPSA) is 79.0 Å². The summed E-state index contributed by atoms with van der Waals surface area (Å²) in [6.45, 7) is 1.93. The Morgan fingerprint density at radius 3 is 2.80 bits per heavy atom. The standard InChI is InChI=1S/C13H10BrN3O2S/c1-8(13-10(14)4-5-20-13)16-11-3-2-9(7-15)6-12(11)17(18)19/h2-6,8,16H,1H3. The first-order valence-corrected chi connectivity index (χ1v) is 7.38. The third-order valence-corrected chi connectivity index (χ3v) is 4.79. The summed E-state index contributed by atoms with van der Waals surface area (Å²) in [7, 11) is 0. The van der Waals surface area contributed by atoms with Gasteiger partial charge in [0, 0.05) is 15.4 Å². The molecule has 2 rings (SSSR count). The summed E-state index contributed by atoms with van der Waals surface area (Å²) < 4.78 is 0.971. The van der Waals surface area contributed by atoms with E-state index in [9.17, 15) is 10.1 Å². The van der Waals surface area contributed by atoms with Gasteiger partial charge in [-0.25, -0.2) is 0 Å². The molecule has 0 saturated carbocycles. The summed E-state index contributed by atoms with van der Waals surface area (Å²) in [5.41, 5.74) is 0.581. The molecule has 0 aliphatic rings. The average Bonchev–Trinajstić information content (AvgIpc) is 2.85. The van der Waals surface area contributed by atoms with Crippen LogP contribution in [0.5, 0.6) is 0 Å². The number of nitro groups is 1. The van der Waals surface area contributed by atoms with Crippen molar-refractivity contribution in [2.75, 3.05) is 5.32 Å². The van der Waals surface area contributed by atoms with E-state index in [1.165, 1.54) is 6.07 Å². The molecule has 0 aliphatic carbocycles. The summed E-state index contributed by atoms with van der Waals surface area (Å²) in [5, 5.41) is 24.9. The lowest BCUT2D eigenvalue weighted by Gasteiger charge is -2.14. The van der Waals surface area contributed by atoms with Gasteiger partial charge in [0.15, 0.2) is 0 Å². The molecular weight excluding hydrogens is 342 g/mol. The van der Waals surface area contributed by atoms with Crippen LogP contribution in [-0.4, -0.2) is 4.92 Å². The molecule has 0 aliphatic heterocycles. The van der Waals surface area contributed by atoms with Crippen molar-refractivity contribution in [2.24, 2.45) is 0 Å². The number of benzene rings is 1. The van der Waals surface area contributed by atoms with Gasteiger partial charge in [0.05, 0.1) is 22.6 Å². The predicted octanol–water partition coefficient (Wildman–Crippen LogP) is 4.46. The van der Waals surface area contributed by atoms with Crippen LogP contribution in [0, 0.1) is 21.4 Å². The number of hydrogen-bond donors (Lipinski definition) is 1. The minimum atomic E-state index is -0.487. The number of nitrogens with zero attached hydrogens (tertiary/aromatic N) is 2. The molecule has 1 aromatic carbocycles. The maximum Gasteiger partial charge on any atom is 0.293 e. The summed E-state index contributed by atoms with van der Waals surface area (Å²) in [5.74, 6) is 0. The van der Waals surface area contributed by atoms with E-state index in [0.717, 1.165) is 9.35 Å². The predicted molar refractivity (Wildman–Crippen MR) is 81.9 cm³/mol. The molecule has 2 aromatic rings. The molecule has 1 unspecified atom stereocenters. The molecule has 0 spiro atoms. The second kappa shape index (κ2) is 6.03. The lowest BCUT2D eigenvalue weighted by molar-refractivity contribution is -0.384. The van der Waals surface area contributed by atoms with E-state index in [4.69, 9.17) is 5.26 Å². The zero-order valence-corrected chi connectivity index (χ0v) is 12.9. The highest BCUT2D eigenvalue weighted by Crippen LogP contribution is 2.34. The Bertz CT molecular complexity index is 693. The Balaban J connectivity index is 2.32. The number of nitro benzene ring substituents is 1. The normalized spacial score (nSPS) is 11.7. The van der Waals surface area contributed by atoms with E-state index in [-0.39, 0.29) is 17.3 Å². The maximum absolute atomic E-state index is 11.1. The second-order valence-corrected chi connectivity index (χ2v) is 5.90. The van der Waals surface area contributed by atoms with Crippen LogP contribution in [0.2, 0.25) is 0 Å². The number of nitriles is 1. The summed E-state index contributed by atoms with van der Waals surface area (Å²) in [6, 6.07) is 8.17.